The van der Waals surface area contributed by atoms with Crippen molar-refractivity contribution in [3.05, 3.63) is 29.8 Å². The molecule has 1 aliphatic rings. The van der Waals surface area contributed by atoms with Gasteiger partial charge in [-0.2, -0.15) is 0 Å². The van der Waals surface area contributed by atoms with E-state index in [1.165, 1.54) is 5.49 Å². The second kappa shape index (κ2) is 7.35. The molecule has 0 spiro atoms. The van der Waals surface area contributed by atoms with Gasteiger partial charge in [-0.15, -0.1) is 0 Å². The molecule has 0 fully saturated rings. The van der Waals surface area contributed by atoms with Gasteiger partial charge in [0.25, 0.3) is 0 Å². The second-order valence-corrected chi connectivity index (χ2v) is 5.94. The lowest BCUT2D eigenvalue weighted by Crippen LogP contribution is -2.43. The number of carbonyl (C=O) groups is 1. The Morgan fingerprint density at radius 1 is 1.36 bits per heavy atom. The Morgan fingerprint density at radius 2 is 2.05 bits per heavy atom. The Bertz CT molecular complexity index is 568. The number of anilines is 1. The van der Waals surface area contributed by atoms with E-state index in [4.69, 9.17) is 12.2 Å². The van der Waals surface area contributed by atoms with E-state index in [1.54, 1.807) is 0 Å². The van der Waals surface area contributed by atoms with E-state index in [0.29, 0.717) is 0 Å². The lowest BCUT2D eigenvalue weighted by atomic mass is 10.0. The first-order valence-corrected chi connectivity index (χ1v) is 7.86. The van der Waals surface area contributed by atoms with Crippen LogP contribution in [0.1, 0.15) is 19.4 Å². The largest absolute Gasteiger partial charge is 0.371 e. The normalized spacial score (nSPS) is 15.5. The first-order chi connectivity index (χ1) is 10.5. The van der Waals surface area contributed by atoms with E-state index in [9.17, 15) is 4.79 Å². The monoisotopic (exact) mass is 318 g/mol. The highest BCUT2D eigenvalue weighted by molar-refractivity contribution is 7.78. The van der Waals surface area contributed by atoms with Gasteiger partial charge >= 0.3 is 0 Å². The van der Waals surface area contributed by atoms with E-state index in [2.05, 4.69) is 20.5 Å². The number of hydrogen-bond donors (Lipinski definition) is 2. The van der Waals surface area contributed by atoms with Gasteiger partial charge in [0.2, 0.25) is 5.91 Å². The van der Waals surface area contributed by atoms with Crippen LogP contribution in [0.2, 0.25) is 0 Å². The van der Waals surface area contributed by atoms with Gasteiger partial charge in [-0.3, -0.25) is 9.79 Å². The summed E-state index contributed by atoms with van der Waals surface area (Å²) in [7, 11) is 2.03. The van der Waals surface area contributed by atoms with Crippen molar-refractivity contribution >= 4 is 35.1 Å². The van der Waals surface area contributed by atoms with Crippen LogP contribution in [0.3, 0.4) is 0 Å². The van der Waals surface area contributed by atoms with Crippen LogP contribution in [0, 0.1) is 5.92 Å². The lowest BCUT2D eigenvalue weighted by Gasteiger charge is -2.20. The molecule has 1 atom stereocenters. The van der Waals surface area contributed by atoms with Crippen LogP contribution in [0.4, 0.5) is 5.69 Å². The summed E-state index contributed by atoms with van der Waals surface area (Å²) in [4.78, 5) is 18.9. The van der Waals surface area contributed by atoms with Gasteiger partial charge in [-0.05, 0) is 30.2 Å². The highest BCUT2D eigenvalue weighted by Crippen LogP contribution is 2.15. The van der Waals surface area contributed by atoms with E-state index in [-0.39, 0.29) is 17.9 Å². The molecular weight excluding hydrogens is 296 g/mol. The number of nitrogens with one attached hydrogen (secondary N) is 2. The number of thiocarbonyl (C=S) groups is 1. The molecule has 1 aromatic rings. The Labute approximate surface area is 136 Å². The number of aliphatic imine (C=N–C) groups is 1. The topological polar surface area (TPSA) is 56.7 Å². The standard InChI is InChI=1S/C16H22N4OS/c1-11(2)14(18-10-22)16(21)19-13-6-4-12(5-7-13)15-17-8-9-20(15)3/h4-7,10-11,14H,8-9H2,1-3H3,(H,18,22)(H,19,21). The number of likely N-dealkylation sites (N-methyl/N-ethyl adjacent to an activating group) is 1. The number of benzene rings is 1. The smallest absolute Gasteiger partial charge is 0.247 e. The van der Waals surface area contributed by atoms with Gasteiger partial charge in [-0.1, -0.05) is 26.1 Å². The molecule has 22 heavy (non-hydrogen) atoms. The summed E-state index contributed by atoms with van der Waals surface area (Å²) in [6, 6.07) is 7.43. The van der Waals surface area contributed by atoms with Gasteiger partial charge in [0.1, 0.15) is 11.9 Å². The minimum absolute atomic E-state index is 0.0841. The maximum atomic E-state index is 12.3. The SMILES string of the molecule is CC(C)C(NC=S)C(=O)Nc1ccc(C2=NCCN2C)cc1. The number of amides is 1. The van der Waals surface area contributed by atoms with E-state index in [0.717, 1.165) is 30.2 Å². The summed E-state index contributed by atoms with van der Waals surface area (Å²) in [6.45, 7) is 5.75. The summed E-state index contributed by atoms with van der Waals surface area (Å²) in [5, 5.41) is 5.83. The molecule has 118 valence electrons. The van der Waals surface area contributed by atoms with Crippen LogP contribution in [0.15, 0.2) is 29.3 Å². The highest BCUT2D eigenvalue weighted by Gasteiger charge is 2.21. The van der Waals surface area contributed by atoms with Crippen LogP contribution in [0.5, 0.6) is 0 Å². The Morgan fingerprint density at radius 3 is 2.55 bits per heavy atom. The van der Waals surface area contributed by atoms with Gasteiger partial charge in [0.05, 0.1) is 12.0 Å². The Kier molecular flexibility index (Phi) is 5.49. The molecule has 1 aromatic carbocycles. The summed E-state index contributed by atoms with van der Waals surface area (Å²) < 4.78 is 0. The molecular formula is C16H22N4OS. The molecule has 1 unspecified atom stereocenters. The molecule has 0 saturated heterocycles. The van der Waals surface area contributed by atoms with Gasteiger partial charge in [0, 0.05) is 24.8 Å². The van der Waals surface area contributed by atoms with Crippen LogP contribution in [-0.2, 0) is 4.79 Å². The van der Waals surface area contributed by atoms with Crippen molar-refractivity contribution in [3.8, 4) is 0 Å². The second-order valence-electron chi connectivity index (χ2n) is 5.70. The van der Waals surface area contributed by atoms with E-state index in [1.807, 2.05) is 45.2 Å². The maximum absolute atomic E-state index is 12.3. The number of nitrogens with zero attached hydrogens (tertiary/aromatic N) is 2. The third kappa shape index (κ3) is 3.82. The van der Waals surface area contributed by atoms with Crippen molar-refractivity contribution in [2.45, 2.75) is 19.9 Å². The Balaban J connectivity index is 2.04. The average molecular weight is 318 g/mol. The molecule has 1 heterocycles. The van der Waals surface area contributed by atoms with Crippen molar-refractivity contribution in [2.24, 2.45) is 10.9 Å². The van der Waals surface area contributed by atoms with Gasteiger partial charge < -0.3 is 15.5 Å². The molecule has 0 saturated carbocycles. The fourth-order valence-electron chi connectivity index (χ4n) is 2.41. The zero-order valence-electron chi connectivity index (χ0n) is 13.2. The third-order valence-corrected chi connectivity index (χ3v) is 3.80. The zero-order valence-corrected chi connectivity index (χ0v) is 14.0. The summed E-state index contributed by atoms with van der Waals surface area (Å²) in [6.07, 6.45) is 0. The van der Waals surface area contributed by atoms with Crippen molar-refractivity contribution in [1.29, 1.82) is 0 Å². The minimum atomic E-state index is -0.331. The number of amidine groups is 1. The van der Waals surface area contributed by atoms with Crippen LogP contribution >= 0.6 is 12.2 Å². The molecule has 0 bridgehead atoms. The predicted molar refractivity (Wildman–Crippen MR) is 94.5 cm³/mol. The minimum Gasteiger partial charge on any atom is -0.371 e. The molecule has 0 aromatic heterocycles. The molecule has 0 radical (unpaired) electrons. The first kappa shape index (κ1) is 16.4. The van der Waals surface area contributed by atoms with E-state index >= 15 is 0 Å². The zero-order chi connectivity index (χ0) is 16.1. The van der Waals surface area contributed by atoms with Gasteiger partial charge in [-0.25, -0.2) is 0 Å². The molecule has 6 heteroatoms. The summed E-state index contributed by atoms with van der Waals surface area (Å²) >= 11 is 4.79. The molecule has 1 amide bonds. The van der Waals surface area contributed by atoms with Crippen LogP contribution < -0.4 is 10.6 Å². The predicted octanol–water partition coefficient (Wildman–Crippen LogP) is 1.89. The van der Waals surface area contributed by atoms with Crippen molar-refractivity contribution < 1.29 is 4.79 Å². The van der Waals surface area contributed by atoms with Crippen LogP contribution in [0.25, 0.3) is 0 Å². The van der Waals surface area contributed by atoms with Crippen molar-refractivity contribution in [3.63, 3.8) is 0 Å². The molecule has 0 aliphatic carbocycles. The molecule has 2 N–H and O–H groups in total. The van der Waals surface area contributed by atoms with E-state index < -0.39 is 0 Å². The average Bonchev–Trinajstić information content (AvgIpc) is 2.91. The fourth-order valence-corrected chi connectivity index (χ4v) is 2.56. The first-order valence-electron chi connectivity index (χ1n) is 7.39. The number of carbonyl (C=O) groups excluding carboxylic acids is 1. The molecule has 1 aliphatic heterocycles. The quantitative estimate of drug-likeness (QED) is 0.787. The maximum Gasteiger partial charge on any atom is 0.247 e. The van der Waals surface area contributed by atoms with Crippen molar-refractivity contribution in [1.82, 2.24) is 10.2 Å². The molecule has 2 rings (SSSR count). The fraction of sp³-hybridized carbons (Fsp3) is 0.438. The third-order valence-electron chi connectivity index (χ3n) is 3.67. The van der Waals surface area contributed by atoms with Crippen molar-refractivity contribution in [2.75, 3.05) is 25.5 Å². The summed E-state index contributed by atoms with van der Waals surface area (Å²) in [5.74, 6) is 1.07. The lowest BCUT2D eigenvalue weighted by molar-refractivity contribution is -0.118. The number of rotatable bonds is 6. The summed E-state index contributed by atoms with van der Waals surface area (Å²) in [5.41, 5.74) is 3.23. The van der Waals surface area contributed by atoms with Gasteiger partial charge in [0.15, 0.2) is 0 Å². The molecule has 5 nitrogen and oxygen atoms in total. The Hall–Kier alpha value is -1.95. The van der Waals surface area contributed by atoms with Crippen LogP contribution in [-0.4, -0.2) is 48.3 Å². The highest BCUT2D eigenvalue weighted by atomic mass is 32.1. The number of hydrogen-bond acceptors (Lipinski definition) is 4.